The lowest BCUT2D eigenvalue weighted by Gasteiger charge is -2.29. The number of sulfone groups is 1. The normalized spacial score (nSPS) is 26.1. The molecule has 0 aromatic heterocycles. The quantitative estimate of drug-likeness (QED) is 0.602. The Bertz CT molecular complexity index is 463. The van der Waals surface area contributed by atoms with Gasteiger partial charge in [0.05, 0.1) is 11.5 Å². The van der Waals surface area contributed by atoms with Crippen molar-refractivity contribution in [3.8, 4) is 0 Å². The third-order valence-corrected chi connectivity index (χ3v) is 4.74. The van der Waals surface area contributed by atoms with Gasteiger partial charge < -0.3 is 0 Å². The summed E-state index contributed by atoms with van der Waals surface area (Å²) in [7, 11) is -2.96. The van der Waals surface area contributed by atoms with Gasteiger partial charge in [-0.3, -0.25) is 14.5 Å². The van der Waals surface area contributed by atoms with Gasteiger partial charge in [0.15, 0.2) is 0 Å². The highest BCUT2D eigenvalue weighted by atomic mass is 32.2. The minimum atomic E-state index is -2.96. The van der Waals surface area contributed by atoms with E-state index in [2.05, 4.69) is 0 Å². The van der Waals surface area contributed by atoms with Crippen LogP contribution in [-0.4, -0.2) is 42.7 Å². The first-order chi connectivity index (χ1) is 7.41. The SMILES string of the molecule is CC1=CC(=O)N(C2CCS(=O)(=O)CC2)C1=O. The fraction of sp³-hybridized carbons (Fsp3) is 0.600. The summed E-state index contributed by atoms with van der Waals surface area (Å²) in [5.41, 5.74) is 0.429. The van der Waals surface area contributed by atoms with Crippen LogP contribution in [0.3, 0.4) is 0 Å². The Morgan fingerprint density at radius 3 is 2.25 bits per heavy atom. The smallest absolute Gasteiger partial charge is 0.256 e. The van der Waals surface area contributed by atoms with Crippen molar-refractivity contribution in [1.29, 1.82) is 0 Å². The summed E-state index contributed by atoms with van der Waals surface area (Å²) in [6, 6.07) is -0.253. The Kier molecular flexibility index (Phi) is 2.61. The summed E-state index contributed by atoms with van der Waals surface area (Å²) in [6.07, 6.45) is 2.04. The van der Waals surface area contributed by atoms with E-state index in [9.17, 15) is 18.0 Å². The molecule has 0 unspecified atom stereocenters. The van der Waals surface area contributed by atoms with E-state index >= 15 is 0 Å². The average Bonchev–Trinajstić information content (AvgIpc) is 2.43. The molecule has 16 heavy (non-hydrogen) atoms. The first-order valence-corrected chi connectivity index (χ1v) is 6.99. The summed E-state index contributed by atoms with van der Waals surface area (Å²) in [5, 5.41) is 0. The summed E-state index contributed by atoms with van der Waals surface area (Å²) in [6.45, 7) is 1.60. The van der Waals surface area contributed by atoms with Crippen LogP contribution in [0, 0.1) is 0 Å². The van der Waals surface area contributed by atoms with Crippen LogP contribution in [-0.2, 0) is 19.4 Å². The monoisotopic (exact) mass is 243 g/mol. The highest BCUT2D eigenvalue weighted by Gasteiger charge is 2.37. The Morgan fingerprint density at radius 2 is 1.81 bits per heavy atom. The van der Waals surface area contributed by atoms with Crippen molar-refractivity contribution >= 4 is 21.7 Å². The summed E-state index contributed by atoms with van der Waals surface area (Å²) in [4.78, 5) is 24.4. The molecule has 0 spiro atoms. The zero-order valence-corrected chi connectivity index (χ0v) is 9.79. The minimum absolute atomic E-state index is 0.0633. The van der Waals surface area contributed by atoms with Gasteiger partial charge in [0.25, 0.3) is 11.8 Å². The van der Waals surface area contributed by atoms with Crippen molar-refractivity contribution in [3.05, 3.63) is 11.6 Å². The van der Waals surface area contributed by atoms with E-state index < -0.39 is 9.84 Å². The summed E-state index contributed by atoms with van der Waals surface area (Å²) < 4.78 is 22.5. The predicted molar refractivity (Wildman–Crippen MR) is 57.3 cm³/mol. The molecule has 2 aliphatic rings. The van der Waals surface area contributed by atoms with Crippen LogP contribution in [0.1, 0.15) is 19.8 Å². The molecular formula is C10H13NO4S. The third-order valence-electron chi connectivity index (χ3n) is 3.02. The molecule has 1 saturated heterocycles. The number of imide groups is 1. The van der Waals surface area contributed by atoms with Gasteiger partial charge in [0, 0.05) is 17.7 Å². The van der Waals surface area contributed by atoms with Crippen molar-refractivity contribution in [2.45, 2.75) is 25.8 Å². The van der Waals surface area contributed by atoms with E-state index in [0.717, 1.165) is 0 Å². The van der Waals surface area contributed by atoms with Gasteiger partial charge in [-0.25, -0.2) is 8.42 Å². The lowest BCUT2D eigenvalue weighted by Crippen LogP contribution is -2.44. The van der Waals surface area contributed by atoms with Crippen molar-refractivity contribution in [1.82, 2.24) is 4.90 Å². The molecule has 0 aromatic rings. The summed E-state index contributed by atoms with van der Waals surface area (Å²) >= 11 is 0. The van der Waals surface area contributed by atoms with Crippen molar-refractivity contribution in [3.63, 3.8) is 0 Å². The zero-order chi connectivity index (χ0) is 11.9. The highest BCUT2D eigenvalue weighted by molar-refractivity contribution is 7.91. The van der Waals surface area contributed by atoms with Gasteiger partial charge in [-0.1, -0.05) is 0 Å². The van der Waals surface area contributed by atoms with Gasteiger partial charge >= 0.3 is 0 Å². The topological polar surface area (TPSA) is 71.5 Å². The number of rotatable bonds is 1. The largest absolute Gasteiger partial charge is 0.272 e. The second-order valence-corrected chi connectivity index (χ2v) is 6.53. The maximum absolute atomic E-state index is 11.7. The van der Waals surface area contributed by atoms with Crippen LogP contribution >= 0.6 is 0 Å². The van der Waals surface area contributed by atoms with Crippen LogP contribution in [0.5, 0.6) is 0 Å². The predicted octanol–water partition coefficient (Wildman–Crippen LogP) is -0.121. The molecule has 0 aliphatic carbocycles. The second kappa shape index (κ2) is 3.69. The molecule has 0 aromatic carbocycles. The molecule has 2 amide bonds. The third kappa shape index (κ3) is 1.89. The van der Waals surface area contributed by atoms with Gasteiger partial charge in [0.2, 0.25) is 0 Å². The van der Waals surface area contributed by atoms with E-state index in [1.807, 2.05) is 0 Å². The van der Waals surface area contributed by atoms with Crippen LogP contribution in [0.2, 0.25) is 0 Å². The number of carbonyl (C=O) groups excluding carboxylic acids is 2. The number of carbonyl (C=O) groups is 2. The van der Waals surface area contributed by atoms with E-state index in [-0.39, 0.29) is 29.4 Å². The number of amides is 2. The van der Waals surface area contributed by atoms with Gasteiger partial charge in [-0.05, 0) is 19.8 Å². The molecule has 0 radical (unpaired) electrons. The fourth-order valence-electron chi connectivity index (χ4n) is 2.09. The first kappa shape index (κ1) is 11.3. The molecule has 88 valence electrons. The maximum atomic E-state index is 11.7. The van der Waals surface area contributed by atoms with E-state index in [1.165, 1.54) is 11.0 Å². The molecule has 0 saturated carbocycles. The molecular weight excluding hydrogens is 230 g/mol. The zero-order valence-electron chi connectivity index (χ0n) is 8.97. The van der Waals surface area contributed by atoms with E-state index in [0.29, 0.717) is 18.4 Å². The van der Waals surface area contributed by atoms with Gasteiger partial charge in [0.1, 0.15) is 9.84 Å². The fourth-order valence-corrected chi connectivity index (χ4v) is 3.55. The van der Waals surface area contributed by atoms with Gasteiger partial charge in [-0.15, -0.1) is 0 Å². The Labute approximate surface area is 94.0 Å². The number of hydrogen-bond donors (Lipinski definition) is 0. The first-order valence-electron chi connectivity index (χ1n) is 5.17. The molecule has 0 N–H and O–H groups in total. The van der Waals surface area contributed by atoms with Crippen LogP contribution in [0.15, 0.2) is 11.6 Å². The Morgan fingerprint density at radius 1 is 1.25 bits per heavy atom. The number of hydrogen-bond acceptors (Lipinski definition) is 4. The molecule has 2 heterocycles. The number of nitrogens with zero attached hydrogens (tertiary/aromatic N) is 1. The molecule has 5 nitrogen and oxygen atoms in total. The van der Waals surface area contributed by atoms with Crippen LogP contribution < -0.4 is 0 Å². The lowest BCUT2D eigenvalue weighted by molar-refractivity contribution is -0.140. The van der Waals surface area contributed by atoms with Crippen LogP contribution in [0.4, 0.5) is 0 Å². The molecule has 2 rings (SSSR count). The Balaban J connectivity index is 2.12. The van der Waals surface area contributed by atoms with E-state index in [4.69, 9.17) is 0 Å². The molecule has 0 atom stereocenters. The molecule has 2 aliphatic heterocycles. The average molecular weight is 243 g/mol. The lowest BCUT2D eigenvalue weighted by atomic mass is 10.1. The second-order valence-electron chi connectivity index (χ2n) is 4.22. The summed E-state index contributed by atoms with van der Waals surface area (Å²) in [5.74, 6) is -0.470. The molecule has 0 bridgehead atoms. The molecule has 6 heteroatoms. The standard InChI is InChI=1S/C10H13NO4S/c1-7-6-9(12)11(10(7)13)8-2-4-16(14,15)5-3-8/h6,8H,2-5H2,1H3. The Hall–Kier alpha value is -1.17. The maximum Gasteiger partial charge on any atom is 0.256 e. The van der Waals surface area contributed by atoms with Crippen LogP contribution in [0.25, 0.3) is 0 Å². The molecule has 1 fully saturated rings. The van der Waals surface area contributed by atoms with Crippen molar-refractivity contribution < 1.29 is 18.0 Å². The van der Waals surface area contributed by atoms with Crippen molar-refractivity contribution in [2.75, 3.05) is 11.5 Å². The minimum Gasteiger partial charge on any atom is -0.272 e. The van der Waals surface area contributed by atoms with E-state index in [1.54, 1.807) is 6.92 Å². The van der Waals surface area contributed by atoms with Gasteiger partial charge in [-0.2, -0.15) is 0 Å². The highest BCUT2D eigenvalue weighted by Crippen LogP contribution is 2.23. The van der Waals surface area contributed by atoms with Crippen molar-refractivity contribution in [2.24, 2.45) is 0 Å².